The molecule has 25 heavy (non-hydrogen) atoms. The maximum absolute atomic E-state index is 14.5. The molecule has 0 aliphatic carbocycles. The number of likely N-dealkylation sites (N-methyl/N-ethyl adjacent to an activating group) is 1. The third-order valence-corrected chi connectivity index (χ3v) is 4.34. The molecule has 2 heterocycles. The summed E-state index contributed by atoms with van der Waals surface area (Å²) in [5.41, 5.74) is 2.44. The number of aromatic nitrogens is 2. The smallest absolute Gasteiger partial charge is 0.254 e. The van der Waals surface area contributed by atoms with E-state index in [1.807, 2.05) is 26.8 Å². The van der Waals surface area contributed by atoms with E-state index in [4.69, 9.17) is 4.74 Å². The van der Waals surface area contributed by atoms with Gasteiger partial charge in [0, 0.05) is 24.5 Å². The summed E-state index contributed by atoms with van der Waals surface area (Å²) in [4.78, 5) is 14.5. The summed E-state index contributed by atoms with van der Waals surface area (Å²) in [6.07, 6.45) is -0.535. The lowest BCUT2D eigenvalue weighted by molar-refractivity contribution is -0.132. The summed E-state index contributed by atoms with van der Waals surface area (Å²) in [5, 5.41) is 7.02. The van der Waals surface area contributed by atoms with E-state index in [0.717, 1.165) is 24.5 Å². The number of anilines is 1. The maximum Gasteiger partial charge on any atom is 0.254 e. The molecule has 1 aliphatic heterocycles. The Morgan fingerprint density at radius 1 is 1.40 bits per heavy atom. The highest BCUT2D eigenvalue weighted by Gasteiger charge is 2.26. The lowest BCUT2D eigenvalue weighted by Crippen LogP contribution is -2.47. The third kappa shape index (κ3) is 3.88. The first-order chi connectivity index (χ1) is 12.0. The van der Waals surface area contributed by atoms with Crippen LogP contribution in [0.2, 0.25) is 0 Å². The van der Waals surface area contributed by atoms with Crippen molar-refractivity contribution >= 4 is 11.6 Å². The van der Waals surface area contributed by atoms with Crippen LogP contribution in [0.15, 0.2) is 24.3 Å². The zero-order valence-corrected chi connectivity index (χ0v) is 14.8. The van der Waals surface area contributed by atoms with Gasteiger partial charge in [-0.3, -0.25) is 9.69 Å². The van der Waals surface area contributed by atoms with Crippen LogP contribution >= 0.6 is 0 Å². The summed E-state index contributed by atoms with van der Waals surface area (Å²) in [7, 11) is 0. The molecule has 6 nitrogen and oxygen atoms in total. The van der Waals surface area contributed by atoms with Crippen LogP contribution in [-0.2, 0) is 9.53 Å². The molecule has 0 bridgehead atoms. The van der Waals surface area contributed by atoms with Gasteiger partial charge in [-0.2, -0.15) is 5.10 Å². The van der Waals surface area contributed by atoms with Crippen molar-refractivity contribution in [1.82, 2.24) is 14.7 Å². The van der Waals surface area contributed by atoms with Crippen molar-refractivity contribution in [3.05, 3.63) is 41.5 Å². The van der Waals surface area contributed by atoms with E-state index >= 15 is 0 Å². The van der Waals surface area contributed by atoms with Crippen molar-refractivity contribution in [2.24, 2.45) is 0 Å². The molecule has 3 rings (SSSR count). The van der Waals surface area contributed by atoms with Crippen LogP contribution in [0.3, 0.4) is 0 Å². The van der Waals surface area contributed by atoms with Crippen molar-refractivity contribution in [2.45, 2.75) is 26.9 Å². The first-order valence-corrected chi connectivity index (χ1v) is 8.46. The van der Waals surface area contributed by atoms with Gasteiger partial charge in [-0.1, -0.05) is 6.92 Å². The summed E-state index contributed by atoms with van der Waals surface area (Å²) in [6, 6.07) is 6.48. The number of carbonyl (C=O) groups excluding carboxylic acids is 1. The molecule has 1 atom stereocenters. The van der Waals surface area contributed by atoms with Crippen molar-refractivity contribution < 1.29 is 13.9 Å². The number of aryl methyl sites for hydroxylation is 2. The molecule has 0 saturated carbocycles. The molecule has 134 valence electrons. The van der Waals surface area contributed by atoms with Gasteiger partial charge in [0.25, 0.3) is 5.91 Å². The molecule has 2 aromatic rings. The molecule has 1 amide bonds. The van der Waals surface area contributed by atoms with E-state index in [-0.39, 0.29) is 5.91 Å². The van der Waals surface area contributed by atoms with Crippen LogP contribution in [0.4, 0.5) is 10.1 Å². The largest absolute Gasteiger partial charge is 0.366 e. The van der Waals surface area contributed by atoms with Crippen molar-refractivity contribution in [2.75, 3.05) is 31.6 Å². The van der Waals surface area contributed by atoms with Gasteiger partial charge in [-0.05, 0) is 44.7 Å². The lowest BCUT2D eigenvalue weighted by atomic mass is 10.2. The van der Waals surface area contributed by atoms with E-state index in [1.54, 1.807) is 16.8 Å². The second-order valence-electron chi connectivity index (χ2n) is 6.25. The first kappa shape index (κ1) is 17.6. The molecule has 7 heteroatoms. The number of rotatable bonds is 4. The fourth-order valence-corrected chi connectivity index (χ4v) is 3.00. The second-order valence-corrected chi connectivity index (χ2v) is 6.25. The predicted molar refractivity (Wildman–Crippen MR) is 93.5 cm³/mol. The number of hydrogen-bond donors (Lipinski definition) is 1. The molecular weight excluding hydrogens is 323 g/mol. The fraction of sp³-hybridized carbons (Fsp3) is 0.444. The van der Waals surface area contributed by atoms with E-state index in [2.05, 4.69) is 15.3 Å². The van der Waals surface area contributed by atoms with Gasteiger partial charge >= 0.3 is 0 Å². The summed E-state index contributed by atoms with van der Waals surface area (Å²) >= 11 is 0. The van der Waals surface area contributed by atoms with E-state index in [0.29, 0.717) is 24.5 Å². The standard InChI is InChI=1S/C18H23FN4O2/c1-4-22-7-8-25-17(11-22)18(24)20-14-5-6-16(15(19)10-14)23-13(3)9-12(2)21-23/h5-6,9-10,17H,4,7-8,11H2,1-3H3,(H,20,24). The summed E-state index contributed by atoms with van der Waals surface area (Å²) in [5.74, 6) is -0.694. The number of nitrogens with zero attached hydrogens (tertiary/aromatic N) is 3. The van der Waals surface area contributed by atoms with Crippen LogP contribution in [0.1, 0.15) is 18.3 Å². The zero-order chi connectivity index (χ0) is 18.0. The predicted octanol–water partition coefficient (Wildman–Crippen LogP) is 2.29. The molecular formula is C18H23FN4O2. The summed E-state index contributed by atoms with van der Waals surface area (Å²) < 4.78 is 21.6. The number of amides is 1. The van der Waals surface area contributed by atoms with Crippen LogP contribution in [-0.4, -0.2) is 52.9 Å². The zero-order valence-electron chi connectivity index (χ0n) is 14.8. The van der Waals surface area contributed by atoms with Crippen molar-refractivity contribution in [1.29, 1.82) is 0 Å². The van der Waals surface area contributed by atoms with Crippen LogP contribution in [0, 0.1) is 19.7 Å². The number of hydrogen-bond acceptors (Lipinski definition) is 4. The number of ether oxygens (including phenoxy) is 1. The Morgan fingerprint density at radius 2 is 2.20 bits per heavy atom. The Morgan fingerprint density at radius 3 is 2.84 bits per heavy atom. The molecule has 1 aromatic carbocycles. The van der Waals surface area contributed by atoms with Gasteiger partial charge in [0.05, 0.1) is 12.3 Å². The first-order valence-electron chi connectivity index (χ1n) is 8.46. The topological polar surface area (TPSA) is 59.4 Å². The minimum absolute atomic E-state index is 0.253. The van der Waals surface area contributed by atoms with Gasteiger partial charge in [-0.25, -0.2) is 9.07 Å². The molecule has 0 radical (unpaired) electrons. The quantitative estimate of drug-likeness (QED) is 0.923. The fourth-order valence-electron chi connectivity index (χ4n) is 3.00. The molecule has 1 aromatic heterocycles. The summed E-state index contributed by atoms with van der Waals surface area (Å²) in [6.45, 7) is 8.55. The van der Waals surface area contributed by atoms with Gasteiger partial charge in [0.1, 0.15) is 11.8 Å². The number of halogens is 1. The minimum atomic E-state index is -0.535. The Hall–Kier alpha value is -2.25. The highest BCUT2D eigenvalue weighted by Crippen LogP contribution is 2.20. The lowest BCUT2D eigenvalue weighted by Gasteiger charge is -2.31. The molecule has 1 N–H and O–H groups in total. The third-order valence-electron chi connectivity index (χ3n) is 4.34. The number of nitrogens with one attached hydrogen (secondary N) is 1. The maximum atomic E-state index is 14.5. The van der Waals surface area contributed by atoms with Gasteiger partial charge in [0.2, 0.25) is 0 Å². The number of benzene rings is 1. The van der Waals surface area contributed by atoms with Crippen LogP contribution in [0.5, 0.6) is 0 Å². The van der Waals surface area contributed by atoms with E-state index in [9.17, 15) is 9.18 Å². The molecule has 0 spiro atoms. The van der Waals surface area contributed by atoms with Crippen LogP contribution in [0.25, 0.3) is 5.69 Å². The molecule has 1 saturated heterocycles. The van der Waals surface area contributed by atoms with Gasteiger partial charge in [0.15, 0.2) is 5.82 Å². The van der Waals surface area contributed by atoms with E-state index < -0.39 is 11.9 Å². The van der Waals surface area contributed by atoms with Gasteiger partial charge < -0.3 is 10.1 Å². The average molecular weight is 346 g/mol. The Bertz CT molecular complexity index is 774. The normalized spacial score (nSPS) is 18.3. The highest BCUT2D eigenvalue weighted by atomic mass is 19.1. The van der Waals surface area contributed by atoms with E-state index in [1.165, 1.54) is 6.07 Å². The second kappa shape index (κ2) is 7.33. The molecule has 1 unspecified atom stereocenters. The minimum Gasteiger partial charge on any atom is -0.366 e. The van der Waals surface area contributed by atoms with Gasteiger partial charge in [-0.15, -0.1) is 0 Å². The average Bonchev–Trinajstić information content (AvgIpc) is 2.93. The molecule has 1 fully saturated rings. The van der Waals surface area contributed by atoms with Crippen LogP contribution < -0.4 is 5.32 Å². The Balaban J connectivity index is 1.72. The van der Waals surface area contributed by atoms with Crippen molar-refractivity contribution in [3.63, 3.8) is 0 Å². The SMILES string of the molecule is CCN1CCOC(C(=O)Nc2ccc(-n3nc(C)cc3C)c(F)c2)C1. The Kier molecular flexibility index (Phi) is 5.15. The molecule has 1 aliphatic rings. The number of morpholine rings is 1. The van der Waals surface area contributed by atoms with Crippen molar-refractivity contribution in [3.8, 4) is 5.69 Å². The Labute approximate surface area is 146 Å². The highest BCUT2D eigenvalue weighted by molar-refractivity contribution is 5.94. The number of carbonyl (C=O) groups is 1. The monoisotopic (exact) mass is 346 g/mol.